The van der Waals surface area contributed by atoms with E-state index in [-0.39, 0.29) is 11.3 Å². The molecule has 0 aromatic heterocycles. The number of carboxylic acid groups (broad SMARTS) is 1. The molecule has 3 rings (SSSR count). The predicted octanol–water partition coefficient (Wildman–Crippen LogP) is 4.02. The fourth-order valence-corrected chi connectivity index (χ4v) is 2.98. The van der Waals surface area contributed by atoms with Gasteiger partial charge in [0.05, 0.1) is 5.92 Å². The van der Waals surface area contributed by atoms with Gasteiger partial charge in [0.25, 0.3) is 0 Å². The fraction of sp³-hybridized carbons (Fsp3) is 0.278. The Kier molecular flexibility index (Phi) is 2.89. The van der Waals surface area contributed by atoms with Gasteiger partial charge >= 0.3 is 5.97 Å². The molecule has 1 N–H and O–H groups in total. The molecular formula is C18H18O2. The van der Waals surface area contributed by atoms with E-state index < -0.39 is 5.97 Å². The first-order valence-electron chi connectivity index (χ1n) is 6.92. The number of aryl methyl sites for hydroxylation is 1. The Bertz CT molecular complexity index is 675. The van der Waals surface area contributed by atoms with Gasteiger partial charge in [-0.2, -0.15) is 0 Å². The normalized spacial score (nSPS) is 24.4. The number of benzene rings is 2. The largest absolute Gasteiger partial charge is 0.481 e. The third kappa shape index (κ3) is 2.01. The van der Waals surface area contributed by atoms with E-state index in [1.54, 1.807) is 0 Å². The molecule has 0 radical (unpaired) electrons. The molecule has 1 aliphatic rings. The lowest BCUT2D eigenvalue weighted by Crippen LogP contribution is -2.11. The summed E-state index contributed by atoms with van der Waals surface area (Å²) in [6, 6.07) is 16.6. The van der Waals surface area contributed by atoms with Gasteiger partial charge in [-0.3, -0.25) is 4.79 Å². The van der Waals surface area contributed by atoms with Gasteiger partial charge in [-0.05, 0) is 35.6 Å². The van der Waals surface area contributed by atoms with Crippen LogP contribution in [0.5, 0.6) is 0 Å². The summed E-state index contributed by atoms with van der Waals surface area (Å²) in [5.41, 5.74) is 4.54. The SMILES string of the molecule is Cc1ccccc1-c1cccc(C2(C)CC2C(=O)O)c1. The standard InChI is InChI=1S/C18H18O2/c1-12-6-3-4-9-15(12)13-7-5-8-14(10-13)18(2)11-16(18)17(19)20/h3-10,16H,11H2,1-2H3,(H,19,20). The smallest absolute Gasteiger partial charge is 0.307 e. The third-order valence-electron chi connectivity index (χ3n) is 4.51. The second kappa shape index (κ2) is 4.48. The highest BCUT2D eigenvalue weighted by molar-refractivity contribution is 5.77. The molecule has 2 unspecified atom stereocenters. The first kappa shape index (κ1) is 12.9. The summed E-state index contributed by atoms with van der Waals surface area (Å²) in [6.45, 7) is 4.14. The molecule has 2 aromatic rings. The maximum Gasteiger partial charge on any atom is 0.307 e. The van der Waals surface area contributed by atoms with Crippen molar-refractivity contribution in [1.82, 2.24) is 0 Å². The van der Waals surface area contributed by atoms with Gasteiger partial charge in [0.15, 0.2) is 0 Å². The van der Waals surface area contributed by atoms with Gasteiger partial charge in [-0.1, -0.05) is 55.5 Å². The zero-order chi connectivity index (χ0) is 14.3. The van der Waals surface area contributed by atoms with Crippen LogP contribution < -0.4 is 0 Å². The van der Waals surface area contributed by atoms with Gasteiger partial charge in [0.1, 0.15) is 0 Å². The van der Waals surface area contributed by atoms with Crippen molar-refractivity contribution in [2.24, 2.45) is 5.92 Å². The van der Waals surface area contributed by atoms with Gasteiger partial charge in [-0.25, -0.2) is 0 Å². The topological polar surface area (TPSA) is 37.3 Å². The van der Waals surface area contributed by atoms with Crippen LogP contribution in [0.2, 0.25) is 0 Å². The quantitative estimate of drug-likeness (QED) is 0.910. The summed E-state index contributed by atoms with van der Waals surface area (Å²) < 4.78 is 0. The minimum Gasteiger partial charge on any atom is -0.481 e. The van der Waals surface area contributed by atoms with Crippen LogP contribution in [0, 0.1) is 12.8 Å². The van der Waals surface area contributed by atoms with Gasteiger partial charge in [0.2, 0.25) is 0 Å². The van der Waals surface area contributed by atoms with E-state index in [4.69, 9.17) is 0 Å². The zero-order valence-electron chi connectivity index (χ0n) is 11.8. The van der Waals surface area contributed by atoms with E-state index >= 15 is 0 Å². The summed E-state index contributed by atoms with van der Waals surface area (Å²) in [7, 11) is 0. The van der Waals surface area contributed by atoms with Crippen molar-refractivity contribution in [3.8, 4) is 11.1 Å². The number of rotatable bonds is 3. The molecule has 2 heteroatoms. The highest BCUT2D eigenvalue weighted by Gasteiger charge is 2.55. The Morgan fingerprint density at radius 2 is 1.95 bits per heavy atom. The Balaban J connectivity index is 2.00. The number of hydrogen-bond acceptors (Lipinski definition) is 1. The van der Waals surface area contributed by atoms with Crippen molar-refractivity contribution in [2.75, 3.05) is 0 Å². The molecular weight excluding hydrogens is 248 g/mol. The Morgan fingerprint density at radius 3 is 2.60 bits per heavy atom. The van der Waals surface area contributed by atoms with E-state index in [0.717, 1.165) is 17.5 Å². The summed E-state index contributed by atoms with van der Waals surface area (Å²) >= 11 is 0. The molecule has 2 nitrogen and oxygen atoms in total. The summed E-state index contributed by atoms with van der Waals surface area (Å²) in [4.78, 5) is 11.2. The van der Waals surface area contributed by atoms with Crippen LogP contribution in [0.1, 0.15) is 24.5 Å². The van der Waals surface area contributed by atoms with Crippen LogP contribution in [0.25, 0.3) is 11.1 Å². The molecule has 0 spiro atoms. The molecule has 1 aliphatic carbocycles. The lowest BCUT2D eigenvalue weighted by molar-refractivity contribution is -0.138. The second-order valence-electron chi connectivity index (χ2n) is 5.91. The summed E-state index contributed by atoms with van der Waals surface area (Å²) in [5.74, 6) is -0.927. The third-order valence-corrected chi connectivity index (χ3v) is 4.51. The summed E-state index contributed by atoms with van der Waals surface area (Å²) in [6.07, 6.45) is 0.736. The van der Waals surface area contributed by atoms with Crippen molar-refractivity contribution in [3.05, 3.63) is 59.7 Å². The summed E-state index contributed by atoms with van der Waals surface area (Å²) in [5, 5.41) is 9.18. The predicted molar refractivity (Wildman–Crippen MR) is 79.7 cm³/mol. The van der Waals surface area contributed by atoms with Gasteiger partial charge in [0, 0.05) is 5.41 Å². The molecule has 20 heavy (non-hydrogen) atoms. The van der Waals surface area contributed by atoms with Crippen molar-refractivity contribution in [3.63, 3.8) is 0 Å². The van der Waals surface area contributed by atoms with Crippen LogP contribution in [-0.4, -0.2) is 11.1 Å². The van der Waals surface area contributed by atoms with Crippen LogP contribution in [0.15, 0.2) is 48.5 Å². The highest BCUT2D eigenvalue weighted by Crippen LogP contribution is 2.54. The van der Waals surface area contributed by atoms with Crippen molar-refractivity contribution < 1.29 is 9.90 Å². The molecule has 2 atom stereocenters. The highest BCUT2D eigenvalue weighted by atomic mass is 16.4. The van der Waals surface area contributed by atoms with Crippen LogP contribution >= 0.6 is 0 Å². The molecule has 102 valence electrons. The maximum absolute atomic E-state index is 11.2. The van der Waals surface area contributed by atoms with Crippen molar-refractivity contribution in [1.29, 1.82) is 0 Å². The number of aliphatic carboxylic acids is 1. The first-order valence-corrected chi connectivity index (χ1v) is 6.92. The van der Waals surface area contributed by atoms with Gasteiger partial charge in [-0.15, -0.1) is 0 Å². The molecule has 0 saturated heterocycles. The number of carboxylic acids is 1. The monoisotopic (exact) mass is 266 g/mol. The Labute approximate surface area is 119 Å². The lowest BCUT2D eigenvalue weighted by atomic mass is 9.91. The Morgan fingerprint density at radius 1 is 1.20 bits per heavy atom. The van der Waals surface area contributed by atoms with Crippen molar-refractivity contribution in [2.45, 2.75) is 25.7 Å². The zero-order valence-corrected chi connectivity index (χ0v) is 11.8. The minimum absolute atomic E-state index is 0.204. The maximum atomic E-state index is 11.2. The lowest BCUT2D eigenvalue weighted by Gasteiger charge is -2.13. The molecule has 0 amide bonds. The van der Waals surface area contributed by atoms with Crippen LogP contribution in [0.4, 0.5) is 0 Å². The van der Waals surface area contributed by atoms with E-state index in [0.29, 0.717) is 0 Å². The van der Waals surface area contributed by atoms with Crippen molar-refractivity contribution >= 4 is 5.97 Å². The van der Waals surface area contributed by atoms with E-state index in [1.165, 1.54) is 11.1 Å². The van der Waals surface area contributed by atoms with E-state index in [2.05, 4.69) is 31.2 Å². The van der Waals surface area contributed by atoms with E-state index in [1.807, 2.05) is 31.2 Å². The van der Waals surface area contributed by atoms with Crippen LogP contribution in [-0.2, 0) is 10.2 Å². The molecule has 0 heterocycles. The average Bonchev–Trinajstić information content (AvgIpc) is 3.14. The van der Waals surface area contributed by atoms with E-state index in [9.17, 15) is 9.90 Å². The number of carbonyl (C=O) groups is 1. The molecule has 2 aromatic carbocycles. The molecule has 0 bridgehead atoms. The second-order valence-corrected chi connectivity index (χ2v) is 5.91. The molecule has 0 aliphatic heterocycles. The average molecular weight is 266 g/mol. The van der Waals surface area contributed by atoms with Gasteiger partial charge < -0.3 is 5.11 Å². The minimum atomic E-state index is -0.686. The molecule has 1 saturated carbocycles. The fourth-order valence-electron chi connectivity index (χ4n) is 2.98. The van der Waals surface area contributed by atoms with Crippen LogP contribution in [0.3, 0.4) is 0 Å². The molecule has 1 fully saturated rings. The first-order chi connectivity index (χ1) is 9.52. The number of hydrogen-bond donors (Lipinski definition) is 1. The Hall–Kier alpha value is -2.09.